The Hall–Kier alpha value is -1.87. The molecule has 2 nitrogen and oxygen atoms in total. The van der Waals surface area contributed by atoms with Gasteiger partial charge in [0.15, 0.2) is 5.78 Å². The van der Waals surface area contributed by atoms with Gasteiger partial charge in [0, 0.05) is 15.7 Å². The monoisotopic (exact) mass is 301 g/mol. The lowest BCUT2D eigenvalue weighted by molar-refractivity contribution is 0.104. The summed E-state index contributed by atoms with van der Waals surface area (Å²) in [6.45, 7) is 0. The van der Waals surface area contributed by atoms with Crippen LogP contribution in [0.3, 0.4) is 0 Å². The van der Waals surface area contributed by atoms with Gasteiger partial charge in [-0.05, 0) is 48.0 Å². The number of ketones is 1. The van der Waals surface area contributed by atoms with Gasteiger partial charge in [-0.3, -0.25) is 4.79 Å². The molecule has 0 aromatic heterocycles. The second kappa shape index (κ2) is 5.65. The van der Waals surface area contributed by atoms with Crippen molar-refractivity contribution in [2.75, 3.05) is 5.73 Å². The van der Waals surface area contributed by atoms with Gasteiger partial charge in [-0.25, -0.2) is 0 Å². The van der Waals surface area contributed by atoms with Gasteiger partial charge in [0.25, 0.3) is 0 Å². The molecule has 0 bridgehead atoms. The molecule has 0 saturated heterocycles. The number of nitrogens with two attached hydrogens (primary N) is 1. The second-order valence-corrected chi connectivity index (χ2v) is 4.75. The molecule has 0 aliphatic carbocycles. The van der Waals surface area contributed by atoms with E-state index in [1.54, 1.807) is 18.2 Å². The first-order valence-electron chi connectivity index (χ1n) is 5.49. The molecule has 0 saturated carbocycles. The predicted octanol–water partition coefficient (Wildman–Crippen LogP) is 3.93. The number of para-hydroxylation sites is 1. The number of rotatable bonds is 3. The third kappa shape index (κ3) is 3.08. The number of carbonyl (C=O) groups is 1. The van der Waals surface area contributed by atoms with Gasteiger partial charge in [-0.2, -0.15) is 0 Å². The fourth-order valence-corrected chi connectivity index (χ4v) is 1.80. The number of hydrogen-bond acceptors (Lipinski definition) is 2. The van der Waals surface area contributed by atoms with Gasteiger partial charge < -0.3 is 5.73 Å². The molecule has 0 amide bonds. The highest BCUT2D eigenvalue weighted by Crippen LogP contribution is 2.14. The van der Waals surface area contributed by atoms with Crippen LogP contribution in [0.5, 0.6) is 0 Å². The summed E-state index contributed by atoms with van der Waals surface area (Å²) >= 11 is 3.33. The Morgan fingerprint density at radius 1 is 1.06 bits per heavy atom. The highest BCUT2D eigenvalue weighted by Gasteiger charge is 2.01. The number of carbonyl (C=O) groups excluding carboxylic acids is 1. The Labute approximate surface area is 114 Å². The minimum absolute atomic E-state index is 0.0363. The quantitative estimate of drug-likeness (QED) is 0.530. The van der Waals surface area contributed by atoms with Crippen molar-refractivity contribution in [2.45, 2.75) is 0 Å². The lowest BCUT2D eigenvalue weighted by atomic mass is 10.1. The van der Waals surface area contributed by atoms with E-state index < -0.39 is 0 Å². The minimum atomic E-state index is -0.0363. The smallest absolute Gasteiger partial charge is 0.185 e. The molecule has 2 N–H and O–H groups in total. The molecule has 0 atom stereocenters. The van der Waals surface area contributed by atoms with Gasteiger partial charge in [0.2, 0.25) is 0 Å². The fraction of sp³-hybridized carbons (Fsp3) is 0. The van der Waals surface area contributed by atoms with Crippen molar-refractivity contribution in [3.05, 3.63) is 70.2 Å². The molecule has 2 rings (SSSR count). The van der Waals surface area contributed by atoms with Crippen LogP contribution in [-0.2, 0) is 0 Å². The van der Waals surface area contributed by atoms with Crippen LogP contribution in [0.2, 0.25) is 0 Å². The number of halogens is 1. The lowest BCUT2D eigenvalue weighted by Gasteiger charge is -1.99. The first kappa shape index (κ1) is 12.6. The average Bonchev–Trinajstić information content (AvgIpc) is 2.38. The third-order valence-corrected chi connectivity index (χ3v) is 3.07. The average molecular weight is 302 g/mol. The third-order valence-electron chi connectivity index (χ3n) is 2.54. The molecule has 3 heteroatoms. The van der Waals surface area contributed by atoms with E-state index >= 15 is 0 Å². The Kier molecular flexibility index (Phi) is 3.95. The van der Waals surface area contributed by atoms with E-state index in [1.165, 1.54) is 6.08 Å². The van der Waals surface area contributed by atoms with Gasteiger partial charge in [0.05, 0.1) is 0 Å². The maximum absolute atomic E-state index is 11.9. The lowest BCUT2D eigenvalue weighted by Crippen LogP contribution is -1.94. The van der Waals surface area contributed by atoms with Crippen molar-refractivity contribution in [2.24, 2.45) is 0 Å². The van der Waals surface area contributed by atoms with Crippen LogP contribution in [0.4, 0.5) is 5.69 Å². The van der Waals surface area contributed by atoms with E-state index in [0.29, 0.717) is 11.3 Å². The summed E-state index contributed by atoms with van der Waals surface area (Å²) in [4.78, 5) is 11.9. The number of allylic oxidation sites excluding steroid dienone is 1. The van der Waals surface area contributed by atoms with Crippen molar-refractivity contribution < 1.29 is 4.79 Å². The molecule has 2 aromatic rings. The molecule has 0 unspecified atom stereocenters. The van der Waals surface area contributed by atoms with E-state index in [9.17, 15) is 4.79 Å². The van der Waals surface area contributed by atoms with E-state index in [1.807, 2.05) is 36.4 Å². The molecule has 2 aromatic carbocycles. The van der Waals surface area contributed by atoms with Crippen LogP contribution in [-0.4, -0.2) is 5.78 Å². The van der Waals surface area contributed by atoms with Gasteiger partial charge in [-0.1, -0.05) is 34.1 Å². The molecule has 0 heterocycles. The summed E-state index contributed by atoms with van der Waals surface area (Å²) in [6.07, 6.45) is 3.27. The Morgan fingerprint density at radius 2 is 1.72 bits per heavy atom. The summed E-state index contributed by atoms with van der Waals surface area (Å²) in [5, 5.41) is 0. The molecule has 0 radical (unpaired) electrons. The van der Waals surface area contributed by atoms with Crippen LogP contribution in [0, 0.1) is 0 Å². The van der Waals surface area contributed by atoms with E-state index in [-0.39, 0.29) is 5.78 Å². The number of hydrogen-bond donors (Lipinski definition) is 1. The standard InChI is InChI=1S/C15H12BrNO/c16-13-8-5-12(6-9-13)15(18)10-7-11-3-1-2-4-14(11)17/h1-10H,17H2. The van der Waals surface area contributed by atoms with Gasteiger partial charge in [0.1, 0.15) is 0 Å². The van der Waals surface area contributed by atoms with E-state index in [2.05, 4.69) is 15.9 Å². The van der Waals surface area contributed by atoms with Crippen molar-refractivity contribution in [1.82, 2.24) is 0 Å². The normalized spacial score (nSPS) is 10.7. The molecular weight excluding hydrogens is 290 g/mol. The van der Waals surface area contributed by atoms with Crippen molar-refractivity contribution >= 4 is 33.5 Å². The van der Waals surface area contributed by atoms with Crippen molar-refractivity contribution in [3.8, 4) is 0 Å². The van der Waals surface area contributed by atoms with Crippen LogP contribution in [0.25, 0.3) is 6.08 Å². The molecular formula is C15H12BrNO. The minimum Gasteiger partial charge on any atom is -0.398 e. The number of anilines is 1. The van der Waals surface area contributed by atoms with Crippen LogP contribution in [0.15, 0.2) is 59.1 Å². The topological polar surface area (TPSA) is 43.1 Å². The SMILES string of the molecule is Nc1ccccc1C=CC(=O)c1ccc(Br)cc1. The van der Waals surface area contributed by atoms with Crippen LogP contribution < -0.4 is 5.73 Å². The Morgan fingerprint density at radius 3 is 2.39 bits per heavy atom. The maximum Gasteiger partial charge on any atom is 0.185 e. The van der Waals surface area contributed by atoms with Crippen LogP contribution in [0.1, 0.15) is 15.9 Å². The van der Waals surface area contributed by atoms with Gasteiger partial charge in [-0.15, -0.1) is 0 Å². The molecule has 18 heavy (non-hydrogen) atoms. The number of nitrogen functional groups attached to an aromatic ring is 1. The summed E-state index contributed by atoms with van der Waals surface area (Å²) in [6, 6.07) is 14.7. The maximum atomic E-state index is 11.9. The Bertz CT molecular complexity index is 588. The zero-order chi connectivity index (χ0) is 13.0. The molecule has 0 spiro atoms. The Balaban J connectivity index is 2.17. The molecule has 0 aliphatic heterocycles. The van der Waals surface area contributed by atoms with E-state index in [0.717, 1.165) is 10.0 Å². The zero-order valence-electron chi connectivity index (χ0n) is 9.64. The predicted molar refractivity (Wildman–Crippen MR) is 78.4 cm³/mol. The highest BCUT2D eigenvalue weighted by molar-refractivity contribution is 9.10. The molecule has 0 fully saturated rings. The first-order chi connectivity index (χ1) is 8.66. The second-order valence-electron chi connectivity index (χ2n) is 3.83. The van der Waals surface area contributed by atoms with Crippen LogP contribution >= 0.6 is 15.9 Å². The first-order valence-corrected chi connectivity index (χ1v) is 6.28. The summed E-state index contributed by atoms with van der Waals surface area (Å²) in [7, 11) is 0. The highest BCUT2D eigenvalue weighted by atomic mass is 79.9. The van der Waals surface area contributed by atoms with Crippen molar-refractivity contribution in [1.29, 1.82) is 0 Å². The van der Waals surface area contributed by atoms with E-state index in [4.69, 9.17) is 5.73 Å². The molecule has 90 valence electrons. The fourth-order valence-electron chi connectivity index (χ4n) is 1.54. The molecule has 0 aliphatic rings. The largest absolute Gasteiger partial charge is 0.398 e. The zero-order valence-corrected chi connectivity index (χ0v) is 11.2. The van der Waals surface area contributed by atoms with Gasteiger partial charge >= 0.3 is 0 Å². The summed E-state index contributed by atoms with van der Waals surface area (Å²) in [5.41, 5.74) is 7.97. The number of benzene rings is 2. The summed E-state index contributed by atoms with van der Waals surface area (Å²) in [5.74, 6) is -0.0363. The van der Waals surface area contributed by atoms with Crippen molar-refractivity contribution in [3.63, 3.8) is 0 Å². The summed E-state index contributed by atoms with van der Waals surface area (Å²) < 4.78 is 0.954.